The average molecular weight is 164 g/mol. The van der Waals surface area contributed by atoms with Gasteiger partial charge in [-0.3, -0.25) is 4.90 Å². The van der Waals surface area contributed by atoms with Gasteiger partial charge in [0.05, 0.1) is 0 Å². The third-order valence-corrected chi connectivity index (χ3v) is 1.97. The predicted octanol–water partition coefficient (Wildman–Crippen LogP) is 0.894. The minimum absolute atomic E-state index is 0.00861. The summed E-state index contributed by atoms with van der Waals surface area (Å²) in [6, 6.07) is 0. The van der Waals surface area contributed by atoms with Crippen molar-refractivity contribution in [3.8, 4) is 0 Å². The zero-order valence-corrected chi connectivity index (χ0v) is 6.74. The molecule has 0 bridgehead atoms. The molecule has 0 unspecified atom stereocenters. The van der Waals surface area contributed by atoms with Crippen LogP contribution in [-0.4, -0.2) is 37.6 Å². The van der Waals surface area contributed by atoms with Gasteiger partial charge in [0.2, 0.25) is 0 Å². The lowest BCUT2D eigenvalue weighted by Gasteiger charge is -2.31. The van der Waals surface area contributed by atoms with Gasteiger partial charge >= 0.3 is 0 Å². The fourth-order valence-electron chi connectivity index (χ4n) is 1.26. The van der Waals surface area contributed by atoms with E-state index in [4.69, 9.17) is 0 Å². The van der Waals surface area contributed by atoms with E-state index < -0.39 is 5.92 Å². The Balaban J connectivity index is 2.25. The fourth-order valence-corrected chi connectivity index (χ4v) is 1.26. The van der Waals surface area contributed by atoms with Gasteiger partial charge in [0, 0.05) is 32.6 Å². The molecule has 0 atom stereocenters. The highest BCUT2D eigenvalue weighted by Gasteiger charge is 2.33. The van der Waals surface area contributed by atoms with Crippen LogP contribution in [0.15, 0.2) is 0 Å². The summed E-state index contributed by atoms with van der Waals surface area (Å²) in [7, 11) is 1.83. The zero-order valence-electron chi connectivity index (χ0n) is 6.74. The van der Waals surface area contributed by atoms with E-state index in [1.807, 2.05) is 11.9 Å². The summed E-state index contributed by atoms with van der Waals surface area (Å²) in [4.78, 5) is 2.00. The molecule has 0 spiro atoms. The number of hydrogen-bond donors (Lipinski definition) is 1. The number of nitrogens with one attached hydrogen (secondary N) is 1. The lowest BCUT2D eigenvalue weighted by molar-refractivity contribution is -0.0559. The van der Waals surface area contributed by atoms with E-state index in [-0.39, 0.29) is 12.8 Å². The molecule has 1 rings (SSSR count). The van der Waals surface area contributed by atoms with Crippen molar-refractivity contribution in [2.45, 2.75) is 18.8 Å². The van der Waals surface area contributed by atoms with Gasteiger partial charge in [-0.25, -0.2) is 8.78 Å². The molecule has 0 radical (unpaired) electrons. The molecule has 0 amide bonds. The topological polar surface area (TPSA) is 15.3 Å². The molecular weight excluding hydrogens is 150 g/mol. The summed E-state index contributed by atoms with van der Waals surface area (Å²) in [6.45, 7) is 1.73. The molecule has 0 aliphatic carbocycles. The molecule has 1 aliphatic heterocycles. The Morgan fingerprint density at radius 1 is 1.36 bits per heavy atom. The molecule has 66 valence electrons. The first-order chi connectivity index (χ1) is 5.14. The lowest BCUT2D eigenvalue weighted by Crippen LogP contribution is -2.42. The van der Waals surface area contributed by atoms with Crippen LogP contribution in [0.25, 0.3) is 0 Å². The predicted molar refractivity (Wildman–Crippen MR) is 39.7 cm³/mol. The highest BCUT2D eigenvalue weighted by molar-refractivity contribution is 4.76. The van der Waals surface area contributed by atoms with E-state index in [0.29, 0.717) is 13.1 Å². The molecule has 0 saturated carbocycles. The Bertz CT molecular complexity index is 118. The van der Waals surface area contributed by atoms with Crippen LogP contribution in [0.1, 0.15) is 12.8 Å². The van der Waals surface area contributed by atoms with Crippen molar-refractivity contribution in [1.29, 1.82) is 0 Å². The van der Waals surface area contributed by atoms with E-state index in [0.717, 1.165) is 6.67 Å². The maximum atomic E-state index is 12.6. The molecular formula is C7H14F2N2. The summed E-state index contributed by atoms with van der Waals surface area (Å²) in [5.74, 6) is -2.41. The number of nitrogens with zero attached hydrogens (tertiary/aromatic N) is 1. The molecule has 0 aromatic rings. The van der Waals surface area contributed by atoms with Gasteiger partial charge in [0.25, 0.3) is 5.92 Å². The third kappa shape index (κ3) is 2.71. The van der Waals surface area contributed by atoms with Crippen molar-refractivity contribution < 1.29 is 8.78 Å². The summed E-state index contributed by atoms with van der Waals surface area (Å²) < 4.78 is 25.1. The van der Waals surface area contributed by atoms with E-state index in [1.54, 1.807) is 0 Å². The Labute approximate surface area is 65.6 Å². The van der Waals surface area contributed by atoms with Crippen molar-refractivity contribution in [2.75, 3.05) is 26.8 Å². The maximum Gasteiger partial charge on any atom is 0.250 e. The van der Waals surface area contributed by atoms with Crippen LogP contribution in [0, 0.1) is 0 Å². The summed E-state index contributed by atoms with van der Waals surface area (Å²) in [6.07, 6.45) is 0.0172. The maximum absolute atomic E-state index is 12.6. The largest absolute Gasteiger partial charge is 0.307 e. The summed E-state index contributed by atoms with van der Waals surface area (Å²) in [5, 5.41) is 2.95. The van der Waals surface area contributed by atoms with Crippen molar-refractivity contribution in [2.24, 2.45) is 0 Å². The van der Waals surface area contributed by atoms with Crippen LogP contribution < -0.4 is 5.32 Å². The minimum atomic E-state index is -2.41. The number of piperidine rings is 1. The van der Waals surface area contributed by atoms with Crippen LogP contribution >= 0.6 is 0 Å². The summed E-state index contributed by atoms with van der Waals surface area (Å²) >= 11 is 0. The number of alkyl halides is 2. The first-order valence-corrected chi connectivity index (χ1v) is 3.89. The molecule has 1 heterocycles. The monoisotopic (exact) mass is 164 g/mol. The molecule has 1 aliphatic rings. The van der Waals surface area contributed by atoms with Crippen LogP contribution in [0.3, 0.4) is 0 Å². The highest BCUT2D eigenvalue weighted by atomic mass is 19.3. The van der Waals surface area contributed by atoms with Gasteiger partial charge in [-0.05, 0) is 7.05 Å². The fraction of sp³-hybridized carbons (Fsp3) is 1.00. The van der Waals surface area contributed by atoms with Crippen molar-refractivity contribution >= 4 is 0 Å². The quantitative estimate of drug-likeness (QED) is 0.652. The molecule has 1 saturated heterocycles. The van der Waals surface area contributed by atoms with Crippen molar-refractivity contribution in [3.05, 3.63) is 0 Å². The SMILES string of the molecule is CNCN1CCC(F)(F)CC1. The second-order valence-electron chi connectivity index (χ2n) is 2.99. The molecule has 11 heavy (non-hydrogen) atoms. The Morgan fingerprint density at radius 2 is 1.91 bits per heavy atom. The number of halogens is 2. The first-order valence-electron chi connectivity index (χ1n) is 3.89. The molecule has 1 fully saturated rings. The van der Waals surface area contributed by atoms with E-state index in [1.165, 1.54) is 0 Å². The standard InChI is InChI=1S/C7H14F2N2/c1-10-6-11-4-2-7(8,9)3-5-11/h10H,2-6H2,1H3. The van der Waals surface area contributed by atoms with Gasteiger partial charge in [-0.2, -0.15) is 0 Å². The third-order valence-electron chi connectivity index (χ3n) is 1.97. The van der Waals surface area contributed by atoms with Crippen molar-refractivity contribution in [1.82, 2.24) is 10.2 Å². The number of likely N-dealkylation sites (tertiary alicyclic amines) is 1. The minimum Gasteiger partial charge on any atom is -0.307 e. The summed E-state index contributed by atoms with van der Waals surface area (Å²) in [5.41, 5.74) is 0. The second kappa shape index (κ2) is 3.45. The Kier molecular flexibility index (Phi) is 2.78. The van der Waals surface area contributed by atoms with Gasteiger partial charge in [-0.15, -0.1) is 0 Å². The average Bonchev–Trinajstić information content (AvgIpc) is 1.94. The molecule has 0 aromatic carbocycles. The van der Waals surface area contributed by atoms with Crippen LogP contribution in [-0.2, 0) is 0 Å². The van der Waals surface area contributed by atoms with Gasteiger partial charge in [-0.1, -0.05) is 0 Å². The van der Waals surface area contributed by atoms with Crippen molar-refractivity contribution in [3.63, 3.8) is 0 Å². The van der Waals surface area contributed by atoms with E-state index in [2.05, 4.69) is 5.32 Å². The highest BCUT2D eigenvalue weighted by Crippen LogP contribution is 2.26. The van der Waals surface area contributed by atoms with E-state index >= 15 is 0 Å². The van der Waals surface area contributed by atoms with Gasteiger partial charge < -0.3 is 5.32 Å². The molecule has 0 aromatic heterocycles. The molecule has 2 nitrogen and oxygen atoms in total. The smallest absolute Gasteiger partial charge is 0.250 e. The molecule has 1 N–H and O–H groups in total. The second-order valence-corrected chi connectivity index (χ2v) is 2.99. The van der Waals surface area contributed by atoms with Crippen LogP contribution in [0.5, 0.6) is 0 Å². The first kappa shape index (κ1) is 8.87. The normalized spacial score (nSPS) is 25.4. The number of hydrogen-bond acceptors (Lipinski definition) is 2. The Morgan fingerprint density at radius 3 is 2.36 bits per heavy atom. The lowest BCUT2D eigenvalue weighted by atomic mass is 10.1. The van der Waals surface area contributed by atoms with Crippen LogP contribution in [0.4, 0.5) is 8.78 Å². The molecule has 4 heteroatoms. The van der Waals surface area contributed by atoms with E-state index in [9.17, 15) is 8.78 Å². The zero-order chi connectivity index (χ0) is 8.32. The van der Waals surface area contributed by atoms with Gasteiger partial charge in [0.15, 0.2) is 0 Å². The Hall–Kier alpha value is -0.220. The number of rotatable bonds is 2. The van der Waals surface area contributed by atoms with Gasteiger partial charge in [0.1, 0.15) is 0 Å². The van der Waals surface area contributed by atoms with Crippen LogP contribution in [0.2, 0.25) is 0 Å².